The standard InChI is InChI=1S/C13H16N2O6/c1-7-8(13-20-4-5-21-13)10(15-6-14-7)9(11(16)18-2)12(17)19-3/h6,9,13H,4-5H2,1-3H3. The molecule has 0 bridgehead atoms. The van der Waals surface area contributed by atoms with Crippen LogP contribution in [0.5, 0.6) is 0 Å². The van der Waals surface area contributed by atoms with Crippen molar-refractivity contribution in [3.8, 4) is 0 Å². The third-order valence-electron chi connectivity index (χ3n) is 3.12. The molecular formula is C13H16N2O6. The lowest BCUT2D eigenvalue weighted by Gasteiger charge is -2.19. The number of rotatable bonds is 4. The topological polar surface area (TPSA) is 96.8 Å². The van der Waals surface area contributed by atoms with E-state index in [2.05, 4.69) is 19.4 Å². The Kier molecular flexibility index (Phi) is 4.81. The van der Waals surface area contributed by atoms with Crippen molar-refractivity contribution in [2.45, 2.75) is 19.1 Å². The fraction of sp³-hybridized carbons (Fsp3) is 0.538. The van der Waals surface area contributed by atoms with Gasteiger partial charge >= 0.3 is 11.9 Å². The number of esters is 2. The highest BCUT2D eigenvalue weighted by Gasteiger charge is 2.37. The molecule has 1 aromatic rings. The Balaban J connectivity index is 2.51. The largest absolute Gasteiger partial charge is 0.468 e. The van der Waals surface area contributed by atoms with E-state index in [-0.39, 0.29) is 5.69 Å². The number of nitrogens with zero attached hydrogens (tertiary/aromatic N) is 2. The molecule has 0 spiro atoms. The minimum Gasteiger partial charge on any atom is -0.468 e. The van der Waals surface area contributed by atoms with Crippen molar-refractivity contribution in [1.29, 1.82) is 0 Å². The summed E-state index contributed by atoms with van der Waals surface area (Å²) in [5.74, 6) is -2.83. The summed E-state index contributed by atoms with van der Waals surface area (Å²) in [6.45, 7) is 2.55. The molecule has 1 aliphatic rings. The van der Waals surface area contributed by atoms with Gasteiger partial charge in [-0.15, -0.1) is 0 Å². The van der Waals surface area contributed by atoms with Gasteiger partial charge in [-0.1, -0.05) is 0 Å². The van der Waals surface area contributed by atoms with Gasteiger partial charge in [0.2, 0.25) is 0 Å². The second-order valence-corrected chi connectivity index (χ2v) is 4.31. The number of aryl methyl sites for hydroxylation is 1. The minimum absolute atomic E-state index is 0.174. The minimum atomic E-state index is -1.30. The number of hydrogen-bond acceptors (Lipinski definition) is 8. The van der Waals surface area contributed by atoms with Gasteiger partial charge in [0, 0.05) is 5.69 Å². The maximum Gasteiger partial charge on any atom is 0.326 e. The molecule has 0 amide bonds. The van der Waals surface area contributed by atoms with Gasteiger partial charge in [0.15, 0.2) is 12.2 Å². The normalized spacial score (nSPS) is 15.2. The van der Waals surface area contributed by atoms with Crippen LogP contribution in [0.3, 0.4) is 0 Å². The van der Waals surface area contributed by atoms with Crippen LogP contribution in [0.2, 0.25) is 0 Å². The quantitative estimate of drug-likeness (QED) is 0.576. The number of hydrogen-bond donors (Lipinski definition) is 0. The average Bonchev–Trinajstić information content (AvgIpc) is 3.01. The molecular weight excluding hydrogens is 280 g/mol. The molecule has 0 aromatic carbocycles. The molecule has 0 radical (unpaired) electrons. The highest BCUT2D eigenvalue weighted by atomic mass is 16.7. The maximum atomic E-state index is 11.9. The first kappa shape index (κ1) is 15.3. The number of methoxy groups -OCH3 is 2. The van der Waals surface area contributed by atoms with Crippen molar-refractivity contribution in [2.24, 2.45) is 0 Å². The Morgan fingerprint density at radius 3 is 2.29 bits per heavy atom. The van der Waals surface area contributed by atoms with E-state index in [9.17, 15) is 9.59 Å². The van der Waals surface area contributed by atoms with Crippen LogP contribution >= 0.6 is 0 Å². The van der Waals surface area contributed by atoms with Gasteiger partial charge < -0.3 is 18.9 Å². The van der Waals surface area contributed by atoms with Crippen molar-refractivity contribution in [2.75, 3.05) is 27.4 Å². The number of ether oxygens (including phenoxy) is 4. The van der Waals surface area contributed by atoms with Gasteiger partial charge in [0.1, 0.15) is 6.33 Å². The third kappa shape index (κ3) is 3.01. The van der Waals surface area contributed by atoms with Crippen LogP contribution in [0.25, 0.3) is 0 Å². The van der Waals surface area contributed by atoms with E-state index in [1.54, 1.807) is 6.92 Å². The molecule has 1 saturated heterocycles. The second-order valence-electron chi connectivity index (χ2n) is 4.31. The Morgan fingerprint density at radius 1 is 1.19 bits per heavy atom. The van der Waals surface area contributed by atoms with Crippen molar-refractivity contribution in [3.63, 3.8) is 0 Å². The first-order chi connectivity index (χ1) is 10.1. The fourth-order valence-corrected chi connectivity index (χ4v) is 2.10. The number of carbonyl (C=O) groups is 2. The first-order valence-corrected chi connectivity index (χ1v) is 6.30. The SMILES string of the molecule is COC(=O)C(C(=O)OC)c1ncnc(C)c1C1OCCO1. The van der Waals surface area contributed by atoms with Gasteiger partial charge in [0.05, 0.1) is 38.7 Å². The zero-order valence-corrected chi connectivity index (χ0v) is 12.0. The fourth-order valence-electron chi connectivity index (χ4n) is 2.10. The van der Waals surface area contributed by atoms with Crippen LogP contribution in [0.1, 0.15) is 29.2 Å². The van der Waals surface area contributed by atoms with E-state index in [0.29, 0.717) is 24.5 Å². The van der Waals surface area contributed by atoms with Crippen LogP contribution in [-0.4, -0.2) is 49.3 Å². The third-order valence-corrected chi connectivity index (χ3v) is 3.12. The van der Waals surface area contributed by atoms with Crippen LogP contribution in [-0.2, 0) is 28.5 Å². The summed E-state index contributed by atoms with van der Waals surface area (Å²) in [5, 5.41) is 0. The molecule has 0 saturated carbocycles. The monoisotopic (exact) mass is 296 g/mol. The molecule has 0 aliphatic carbocycles. The zero-order chi connectivity index (χ0) is 15.4. The van der Waals surface area contributed by atoms with Crippen LogP contribution in [0, 0.1) is 6.92 Å². The lowest BCUT2D eigenvalue weighted by Crippen LogP contribution is -2.28. The number of aromatic nitrogens is 2. The molecule has 8 nitrogen and oxygen atoms in total. The summed E-state index contributed by atoms with van der Waals surface area (Å²) >= 11 is 0. The van der Waals surface area contributed by atoms with Crippen molar-refractivity contribution in [1.82, 2.24) is 9.97 Å². The molecule has 0 atom stereocenters. The van der Waals surface area contributed by atoms with E-state index >= 15 is 0 Å². The molecule has 1 aliphatic heterocycles. The summed E-state index contributed by atoms with van der Waals surface area (Å²) < 4.78 is 20.2. The van der Waals surface area contributed by atoms with Crippen molar-refractivity contribution < 1.29 is 28.5 Å². The Labute approximate surface area is 121 Å². The molecule has 114 valence electrons. The smallest absolute Gasteiger partial charge is 0.326 e. The highest BCUT2D eigenvalue weighted by Crippen LogP contribution is 2.32. The molecule has 21 heavy (non-hydrogen) atoms. The highest BCUT2D eigenvalue weighted by molar-refractivity contribution is 6.00. The second kappa shape index (κ2) is 6.59. The Bertz CT molecular complexity index is 525. The lowest BCUT2D eigenvalue weighted by atomic mass is 9.98. The summed E-state index contributed by atoms with van der Waals surface area (Å²) in [6.07, 6.45) is 0.556. The van der Waals surface area contributed by atoms with Crippen LogP contribution < -0.4 is 0 Å². The van der Waals surface area contributed by atoms with Gasteiger partial charge in [-0.05, 0) is 6.92 Å². The van der Waals surface area contributed by atoms with Gasteiger partial charge in [-0.25, -0.2) is 9.97 Å². The van der Waals surface area contributed by atoms with E-state index in [0.717, 1.165) is 0 Å². The lowest BCUT2D eigenvalue weighted by molar-refractivity contribution is -0.154. The Morgan fingerprint density at radius 2 is 1.76 bits per heavy atom. The van der Waals surface area contributed by atoms with Crippen LogP contribution in [0.15, 0.2) is 6.33 Å². The number of carbonyl (C=O) groups excluding carboxylic acids is 2. The predicted octanol–water partition coefficient (Wildman–Crippen LogP) is 0.260. The molecule has 8 heteroatoms. The molecule has 0 N–H and O–H groups in total. The summed E-state index contributed by atoms with van der Waals surface area (Å²) in [7, 11) is 2.38. The first-order valence-electron chi connectivity index (χ1n) is 6.30. The zero-order valence-electron chi connectivity index (χ0n) is 12.0. The van der Waals surface area contributed by atoms with Crippen LogP contribution in [0.4, 0.5) is 0 Å². The molecule has 2 rings (SSSR count). The van der Waals surface area contributed by atoms with E-state index < -0.39 is 24.1 Å². The predicted molar refractivity (Wildman–Crippen MR) is 68.2 cm³/mol. The molecule has 1 fully saturated rings. The molecule has 1 aromatic heterocycles. The Hall–Kier alpha value is -2.06. The average molecular weight is 296 g/mol. The summed E-state index contributed by atoms with van der Waals surface area (Å²) in [4.78, 5) is 32.0. The van der Waals surface area contributed by atoms with E-state index in [1.807, 2.05) is 0 Å². The van der Waals surface area contributed by atoms with E-state index in [4.69, 9.17) is 9.47 Å². The van der Waals surface area contributed by atoms with Crippen molar-refractivity contribution >= 4 is 11.9 Å². The molecule has 2 heterocycles. The summed E-state index contributed by atoms with van der Waals surface area (Å²) in [5.41, 5.74) is 1.19. The van der Waals surface area contributed by atoms with E-state index in [1.165, 1.54) is 20.5 Å². The maximum absolute atomic E-state index is 11.9. The summed E-state index contributed by atoms with van der Waals surface area (Å²) in [6, 6.07) is 0. The van der Waals surface area contributed by atoms with Gasteiger partial charge in [0.25, 0.3) is 0 Å². The van der Waals surface area contributed by atoms with Gasteiger partial charge in [-0.2, -0.15) is 0 Å². The van der Waals surface area contributed by atoms with Gasteiger partial charge in [-0.3, -0.25) is 9.59 Å². The molecule has 0 unspecified atom stereocenters. The van der Waals surface area contributed by atoms with Crippen molar-refractivity contribution in [3.05, 3.63) is 23.3 Å².